The first-order valence-electron chi connectivity index (χ1n) is 5.77. The van der Waals surface area contributed by atoms with E-state index in [-0.39, 0.29) is 5.54 Å². The minimum absolute atomic E-state index is 0.380. The molecule has 0 N–H and O–H groups in total. The molecule has 1 aliphatic carbocycles. The van der Waals surface area contributed by atoms with Crippen molar-refractivity contribution in [3.05, 3.63) is 30.2 Å². The first-order valence-corrected chi connectivity index (χ1v) is 5.77. The summed E-state index contributed by atoms with van der Waals surface area (Å²) in [5.74, 6) is 0. The van der Waals surface area contributed by atoms with E-state index < -0.39 is 0 Å². The summed E-state index contributed by atoms with van der Waals surface area (Å²) in [6.45, 7) is 0. The molecule has 86 valence electrons. The van der Waals surface area contributed by atoms with Crippen LogP contribution >= 0.6 is 0 Å². The minimum atomic E-state index is -0.380. The molecule has 1 heterocycles. The average Bonchev–Trinajstić information content (AvgIpc) is 2.96. The van der Waals surface area contributed by atoms with Crippen molar-refractivity contribution in [3.63, 3.8) is 0 Å². The van der Waals surface area contributed by atoms with Crippen LogP contribution in [0.5, 0.6) is 0 Å². The Bertz CT molecular complexity index is 590. The molecule has 1 aromatic carbocycles. The Morgan fingerprint density at radius 2 is 2.18 bits per heavy atom. The molecule has 1 saturated carbocycles. The zero-order chi connectivity index (χ0) is 11.7. The van der Waals surface area contributed by atoms with Crippen molar-refractivity contribution in [1.29, 1.82) is 0 Å². The molecule has 0 unspecified atom stereocenters. The van der Waals surface area contributed by atoms with Gasteiger partial charge in [0.05, 0.1) is 5.54 Å². The third-order valence-corrected chi connectivity index (χ3v) is 3.56. The van der Waals surface area contributed by atoms with Crippen LogP contribution in [0.15, 0.2) is 34.0 Å². The molecule has 0 atom stereocenters. The van der Waals surface area contributed by atoms with Crippen molar-refractivity contribution in [2.75, 3.05) is 0 Å². The highest BCUT2D eigenvalue weighted by Crippen LogP contribution is 2.42. The highest BCUT2D eigenvalue weighted by molar-refractivity contribution is 5.73. The third-order valence-electron chi connectivity index (χ3n) is 3.56. The topological polar surface area (TPSA) is 55.5 Å². The molecule has 1 aromatic heterocycles. The van der Waals surface area contributed by atoms with E-state index in [4.69, 9.17) is 4.42 Å². The van der Waals surface area contributed by atoms with E-state index in [2.05, 4.69) is 9.98 Å². The predicted molar refractivity (Wildman–Crippen MR) is 62.3 cm³/mol. The van der Waals surface area contributed by atoms with Crippen LogP contribution in [0.3, 0.4) is 0 Å². The van der Waals surface area contributed by atoms with Gasteiger partial charge in [0.25, 0.3) is 0 Å². The number of carbonyl (C=O) groups excluding carboxylic acids is 1. The van der Waals surface area contributed by atoms with Gasteiger partial charge < -0.3 is 4.42 Å². The van der Waals surface area contributed by atoms with Gasteiger partial charge in [-0.05, 0) is 30.5 Å². The summed E-state index contributed by atoms with van der Waals surface area (Å²) >= 11 is 0. The quantitative estimate of drug-likeness (QED) is 0.586. The van der Waals surface area contributed by atoms with Crippen molar-refractivity contribution in [1.82, 2.24) is 4.98 Å². The Labute approximate surface area is 98.4 Å². The number of hydrogen-bond donors (Lipinski definition) is 0. The van der Waals surface area contributed by atoms with Crippen LogP contribution in [0.2, 0.25) is 0 Å². The van der Waals surface area contributed by atoms with Crippen molar-refractivity contribution >= 4 is 17.2 Å². The van der Waals surface area contributed by atoms with E-state index in [0.29, 0.717) is 0 Å². The monoisotopic (exact) mass is 228 g/mol. The van der Waals surface area contributed by atoms with Gasteiger partial charge in [0.1, 0.15) is 5.52 Å². The standard InChI is InChI=1S/C13H12N2O2/c16-8-15-13(5-1-2-6-13)10-3-4-12-11(7-10)14-9-17-12/h3-4,7,9H,1-2,5-6H2. The lowest BCUT2D eigenvalue weighted by Crippen LogP contribution is -2.18. The highest BCUT2D eigenvalue weighted by atomic mass is 16.3. The second-order valence-corrected chi connectivity index (χ2v) is 4.48. The number of isocyanates is 1. The highest BCUT2D eigenvalue weighted by Gasteiger charge is 2.35. The maximum absolute atomic E-state index is 10.6. The lowest BCUT2D eigenvalue weighted by atomic mass is 9.89. The van der Waals surface area contributed by atoms with Crippen LogP contribution < -0.4 is 0 Å². The van der Waals surface area contributed by atoms with E-state index in [1.165, 1.54) is 6.39 Å². The first-order chi connectivity index (χ1) is 8.34. The Morgan fingerprint density at radius 1 is 1.35 bits per heavy atom. The van der Waals surface area contributed by atoms with Gasteiger partial charge in [-0.25, -0.2) is 9.78 Å². The normalized spacial score (nSPS) is 18.1. The average molecular weight is 228 g/mol. The molecular formula is C13H12N2O2. The Morgan fingerprint density at radius 3 is 2.94 bits per heavy atom. The molecule has 0 saturated heterocycles. The molecule has 2 aromatic rings. The SMILES string of the molecule is O=C=NC1(c2ccc3ocnc3c2)CCCC1. The fourth-order valence-electron chi connectivity index (χ4n) is 2.66. The number of aliphatic imine (C=N–C) groups is 1. The van der Waals surface area contributed by atoms with Crippen LogP contribution in [0.25, 0.3) is 11.1 Å². The van der Waals surface area contributed by atoms with Crippen molar-refractivity contribution in [2.45, 2.75) is 31.2 Å². The summed E-state index contributed by atoms with van der Waals surface area (Å²) in [6, 6.07) is 5.82. The fourth-order valence-corrected chi connectivity index (χ4v) is 2.66. The number of oxazole rings is 1. The smallest absolute Gasteiger partial charge is 0.235 e. The molecule has 4 heteroatoms. The largest absolute Gasteiger partial charge is 0.443 e. The van der Waals surface area contributed by atoms with Crippen LogP contribution in [-0.2, 0) is 10.3 Å². The molecule has 4 nitrogen and oxygen atoms in total. The maximum Gasteiger partial charge on any atom is 0.235 e. The van der Waals surface area contributed by atoms with Gasteiger partial charge in [0, 0.05) is 0 Å². The van der Waals surface area contributed by atoms with E-state index in [1.807, 2.05) is 18.2 Å². The van der Waals surface area contributed by atoms with E-state index in [9.17, 15) is 4.79 Å². The molecule has 0 aliphatic heterocycles. The number of fused-ring (bicyclic) bond motifs is 1. The molecule has 0 bridgehead atoms. The van der Waals surface area contributed by atoms with E-state index in [1.54, 1.807) is 6.08 Å². The Hall–Kier alpha value is -1.93. The number of aromatic nitrogens is 1. The van der Waals surface area contributed by atoms with Gasteiger partial charge >= 0.3 is 0 Å². The van der Waals surface area contributed by atoms with Crippen molar-refractivity contribution < 1.29 is 9.21 Å². The van der Waals surface area contributed by atoms with Crippen LogP contribution in [0, 0.1) is 0 Å². The lowest BCUT2D eigenvalue weighted by Gasteiger charge is -2.22. The van der Waals surface area contributed by atoms with Gasteiger partial charge in [-0.3, -0.25) is 0 Å². The zero-order valence-electron chi connectivity index (χ0n) is 9.35. The Kier molecular flexibility index (Phi) is 2.30. The van der Waals surface area contributed by atoms with Gasteiger partial charge in [0.2, 0.25) is 6.08 Å². The minimum Gasteiger partial charge on any atom is -0.443 e. The fraction of sp³-hybridized carbons (Fsp3) is 0.385. The molecule has 17 heavy (non-hydrogen) atoms. The summed E-state index contributed by atoms with van der Waals surface area (Å²) in [6.07, 6.45) is 7.17. The van der Waals surface area contributed by atoms with Crippen LogP contribution in [0.4, 0.5) is 0 Å². The number of nitrogens with zero attached hydrogens (tertiary/aromatic N) is 2. The molecule has 0 amide bonds. The first kappa shape index (κ1) is 10.2. The molecule has 1 aliphatic rings. The lowest BCUT2D eigenvalue weighted by molar-refractivity contribution is 0.456. The number of hydrogen-bond acceptors (Lipinski definition) is 4. The summed E-state index contributed by atoms with van der Waals surface area (Å²) in [5.41, 5.74) is 2.24. The maximum atomic E-state index is 10.6. The van der Waals surface area contributed by atoms with Crippen molar-refractivity contribution in [3.8, 4) is 0 Å². The molecule has 1 fully saturated rings. The van der Waals surface area contributed by atoms with Gasteiger partial charge in [0.15, 0.2) is 12.0 Å². The summed E-state index contributed by atoms with van der Waals surface area (Å²) < 4.78 is 5.21. The van der Waals surface area contributed by atoms with Gasteiger partial charge in [-0.2, -0.15) is 4.99 Å². The van der Waals surface area contributed by atoms with E-state index in [0.717, 1.165) is 42.3 Å². The molecular weight excluding hydrogens is 216 g/mol. The molecule has 0 radical (unpaired) electrons. The van der Waals surface area contributed by atoms with Crippen LogP contribution in [0.1, 0.15) is 31.2 Å². The third kappa shape index (κ3) is 1.58. The molecule has 3 rings (SSSR count). The summed E-state index contributed by atoms with van der Waals surface area (Å²) in [7, 11) is 0. The second kappa shape index (κ2) is 3.82. The predicted octanol–water partition coefficient (Wildman–Crippen LogP) is 2.93. The summed E-state index contributed by atoms with van der Waals surface area (Å²) in [5, 5.41) is 0. The van der Waals surface area contributed by atoms with Gasteiger partial charge in [-0.1, -0.05) is 18.9 Å². The van der Waals surface area contributed by atoms with Gasteiger partial charge in [-0.15, -0.1) is 0 Å². The Balaban J connectivity index is 2.14. The van der Waals surface area contributed by atoms with E-state index >= 15 is 0 Å². The number of rotatable bonds is 2. The number of benzene rings is 1. The molecule has 0 spiro atoms. The zero-order valence-corrected chi connectivity index (χ0v) is 9.35. The second-order valence-electron chi connectivity index (χ2n) is 4.48. The van der Waals surface area contributed by atoms with Crippen molar-refractivity contribution in [2.24, 2.45) is 4.99 Å². The van der Waals surface area contributed by atoms with Crippen LogP contribution in [-0.4, -0.2) is 11.1 Å². The summed E-state index contributed by atoms with van der Waals surface area (Å²) in [4.78, 5) is 18.8.